The van der Waals surface area contributed by atoms with Crippen molar-refractivity contribution in [2.75, 3.05) is 0 Å². The first-order chi connectivity index (χ1) is 11.8. The minimum atomic E-state index is -4.39. The average Bonchev–Trinajstić information content (AvgIpc) is 2.94. The van der Waals surface area contributed by atoms with E-state index in [-0.39, 0.29) is 5.56 Å². The molecule has 0 saturated heterocycles. The van der Waals surface area contributed by atoms with Crippen LogP contribution in [-0.2, 0) is 6.18 Å². The molecule has 0 aliphatic heterocycles. The summed E-state index contributed by atoms with van der Waals surface area (Å²) in [5, 5.41) is 0.381. The van der Waals surface area contributed by atoms with Crippen LogP contribution in [0.4, 0.5) is 13.2 Å². The van der Waals surface area contributed by atoms with Crippen LogP contribution in [0.5, 0.6) is 0 Å². The molecular formula is C18H11ClF3N3. The quantitative estimate of drug-likeness (QED) is 0.466. The minimum absolute atomic E-state index is 0.273. The van der Waals surface area contributed by atoms with E-state index >= 15 is 0 Å². The van der Waals surface area contributed by atoms with Gasteiger partial charge in [-0.15, -0.1) is 0 Å². The number of nitrogens with zero attached hydrogens (tertiary/aromatic N) is 3. The van der Waals surface area contributed by atoms with Crippen LogP contribution in [0.2, 0.25) is 5.15 Å². The van der Waals surface area contributed by atoms with Gasteiger partial charge in [-0.3, -0.25) is 0 Å². The van der Waals surface area contributed by atoms with E-state index in [1.807, 2.05) is 0 Å². The molecule has 3 rings (SSSR count). The van der Waals surface area contributed by atoms with E-state index in [0.717, 1.165) is 17.8 Å². The van der Waals surface area contributed by atoms with Crippen molar-refractivity contribution in [1.82, 2.24) is 14.5 Å². The van der Waals surface area contributed by atoms with Crippen molar-refractivity contribution in [3.05, 3.63) is 76.6 Å². The Labute approximate surface area is 147 Å². The second kappa shape index (κ2) is 6.61. The van der Waals surface area contributed by atoms with Crippen LogP contribution in [0.3, 0.4) is 0 Å². The van der Waals surface area contributed by atoms with Gasteiger partial charge in [0.15, 0.2) is 0 Å². The third-order valence-electron chi connectivity index (χ3n) is 3.40. The third-order valence-corrected chi connectivity index (χ3v) is 3.62. The van der Waals surface area contributed by atoms with Crippen molar-refractivity contribution >= 4 is 11.6 Å². The first-order valence-corrected chi connectivity index (χ1v) is 7.58. The smallest absolute Gasteiger partial charge is 0.301 e. The van der Waals surface area contributed by atoms with E-state index in [1.54, 1.807) is 36.0 Å². The Kier molecular flexibility index (Phi) is 4.51. The number of rotatable bonds is 1. The second-order valence-electron chi connectivity index (χ2n) is 5.21. The van der Waals surface area contributed by atoms with E-state index in [2.05, 4.69) is 21.8 Å². The standard InChI is InChI=1S/C18H11ClF3N3/c1-12-24-15(11-25(12)16-7-8-17(19)23-10-16)6-5-13-3-2-4-14(9-13)18(20,21)22/h2-4,7-11H,1H3. The Morgan fingerprint density at radius 2 is 1.92 bits per heavy atom. The van der Waals surface area contributed by atoms with Gasteiger partial charge in [0.05, 0.1) is 17.4 Å². The number of hydrogen-bond acceptors (Lipinski definition) is 2. The van der Waals surface area contributed by atoms with Crippen LogP contribution in [0, 0.1) is 18.8 Å². The second-order valence-corrected chi connectivity index (χ2v) is 5.60. The zero-order valence-electron chi connectivity index (χ0n) is 13.0. The van der Waals surface area contributed by atoms with Gasteiger partial charge in [0.2, 0.25) is 0 Å². The first-order valence-electron chi connectivity index (χ1n) is 7.20. The molecule has 0 fully saturated rings. The highest BCUT2D eigenvalue weighted by molar-refractivity contribution is 6.29. The molecule has 3 nitrogen and oxygen atoms in total. The maximum atomic E-state index is 12.7. The molecule has 0 radical (unpaired) electrons. The Morgan fingerprint density at radius 3 is 2.60 bits per heavy atom. The predicted molar refractivity (Wildman–Crippen MR) is 88.5 cm³/mol. The highest BCUT2D eigenvalue weighted by Crippen LogP contribution is 2.29. The van der Waals surface area contributed by atoms with Gasteiger partial charge in [-0.25, -0.2) is 9.97 Å². The molecule has 0 atom stereocenters. The lowest BCUT2D eigenvalue weighted by Gasteiger charge is -2.05. The molecule has 0 aliphatic carbocycles. The fourth-order valence-electron chi connectivity index (χ4n) is 2.21. The number of aromatic nitrogens is 3. The number of alkyl halides is 3. The molecule has 1 aromatic carbocycles. The lowest BCUT2D eigenvalue weighted by molar-refractivity contribution is -0.137. The number of halogens is 4. The maximum absolute atomic E-state index is 12.7. The van der Waals surface area contributed by atoms with Crippen LogP contribution in [-0.4, -0.2) is 14.5 Å². The largest absolute Gasteiger partial charge is 0.416 e. The average molecular weight is 362 g/mol. The van der Waals surface area contributed by atoms with E-state index in [9.17, 15) is 13.2 Å². The molecule has 25 heavy (non-hydrogen) atoms. The molecular weight excluding hydrogens is 351 g/mol. The Morgan fingerprint density at radius 1 is 1.12 bits per heavy atom. The van der Waals surface area contributed by atoms with Gasteiger partial charge in [-0.1, -0.05) is 23.6 Å². The molecule has 7 heteroatoms. The fourth-order valence-corrected chi connectivity index (χ4v) is 2.33. The highest BCUT2D eigenvalue weighted by Gasteiger charge is 2.30. The summed E-state index contributed by atoms with van der Waals surface area (Å²) in [6, 6.07) is 8.32. The summed E-state index contributed by atoms with van der Waals surface area (Å²) in [5.41, 5.74) is 0.759. The molecule has 0 saturated carbocycles. The number of benzene rings is 1. The molecule has 0 unspecified atom stereocenters. The molecule has 2 heterocycles. The van der Waals surface area contributed by atoms with E-state index < -0.39 is 11.7 Å². The molecule has 0 spiro atoms. The van der Waals surface area contributed by atoms with Gasteiger partial charge >= 0.3 is 6.18 Å². The molecule has 3 aromatic rings. The molecule has 2 aromatic heterocycles. The lowest BCUT2D eigenvalue weighted by atomic mass is 10.1. The zero-order valence-corrected chi connectivity index (χ0v) is 13.7. The van der Waals surface area contributed by atoms with Crippen LogP contribution < -0.4 is 0 Å². The van der Waals surface area contributed by atoms with Crippen LogP contribution >= 0.6 is 11.6 Å². The van der Waals surface area contributed by atoms with Crippen molar-refractivity contribution in [2.45, 2.75) is 13.1 Å². The predicted octanol–water partition coefficient (Wildman–Crippen LogP) is 4.65. The first kappa shape index (κ1) is 17.1. The van der Waals surface area contributed by atoms with Gasteiger partial charge in [0, 0.05) is 11.8 Å². The van der Waals surface area contributed by atoms with Crippen LogP contribution in [0.15, 0.2) is 48.8 Å². The van der Waals surface area contributed by atoms with Crippen molar-refractivity contribution < 1.29 is 13.2 Å². The molecule has 0 amide bonds. The molecule has 0 bridgehead atoms. The van der Waals surface area contributed by atoms with Crippen molar-refractivity contribution in [3.63, 3.8) is 0 Å². The molecule has 0 N–H and O–H groups in total. The number of hydrogen-bond donors (Lipinski definition) is 0. The lowest BCUT2D eigenvalue weighted by Crippen LogP contribution is -2.04. The summed E-state index contributed by atoms with van der Waals surface area (Å²) >= 11 is 5.77. The van der Waals surface area contributed by atoms with E-state index in [4.69, 9.17) is 11.6 Å². The summed E-state index contributed by atoms with van der Waals surface area (Å²) in [7, 11) is 0. The van der Waals surface area contributed by atoms with E-state index in [1.165, 1.54) is 12.1 Å². The fraction of sp³-hybridized carbons (Fsp3) is 0.111. The topological polar surface area (TPSA) is 30.7 Å². The van der Waals surface area contributed by atoms with E-state index in [0.29, 0.717) is 16.7 Å². The Balaban J connectivity index is 1.90. The van der Waals surface area contributed by atoms with Gasteiger partial charge in [-0.2, -0.15) is 13.2 Å². The molecule has 126 valence electrons. The maximum Gasteiger partial charge on any atom is 0.416 e. The number of pyridine rings is 1. The summed E-state index contributed by atoms with van der Waals surface area (Å²) in [5.74, 6) is 6.18. The van der Waals surface area contributed by atoms with Gasteiger partial charge in [0.25, 0.3) is 0 Å². The SMILES string of the molecule is Cc1nc(C#Cc2cccc(C(F)(F)F)c2)cn1-c1ccc(Cl)nc1. The summed E-state index contributed by atoms with van der Waals surface area (Å²) in [6.45, 7) is 1.80. The van der Waals surface area contributed by atoms with Crippen LogP contribution in [0.1, 0.15) is 22.6 Å². The van der Waals surface area contributed by atoms with Gasteiger partial charge in [0.1, 0.15) is 16.7 Å². The van der Waals surface area contributed by atoms with Crippen molar-refractivity contribution in [3.8, 4) is 17.5 Å². The molecule has 0 aliphatic rings. The normalized spacial score (nSPS) is 11.1. The summed E-state index contributed by atoms with van der Waals surface area (Å²) in [6.07, 6.45) is -1.10. The van der Waals surface area contributed by atoms with Gasteiger partial charge in [-0.05, 0) is 43.2 Å². The van der Waals surface area contributed by atoms with Crippen LogP contribution in [0.25, 0.3) is 5.69 Å². The summed E-state index contributed by atoms with van der Waals surface area (Å²) < 4.78 is 40.0. The zero-order chi connectivity index (χ0) is 18.0. The number of aryl methyl sites for hydroxylation is 1. The van der Waals surface area contributed by atoms with Gasteiger partial charge < -0.3 is 4.57 Å². The minimum Gasteiger partial charge on any atom is -0.301 e. The highest BCUT2D eigenvalue weighted by atomic mass is 35.5. The number of imidazole rings is 1. The Hall–Kier alpha value is -2.78. The van der Waals surface area contributed by atoms with Crippen molar-refractivity contribution in [1.29, 1.82) is 0 Å². The Bertz CT molecular complexity index is 964. The van der Waals surface area contributed by atoms with Crippen molar-refractivity contribution in [2.24, 2.45) is 0 Å². The monoisotopic (exact) mass is 361 g/mol. The summed E-state index contributed by atoms with van der Waals surface area (Å²) in [4.78, 5) is 8.31. The third kappa shape index (κ3) is 4.01.